The first-order chi connectivity index (χ1) is 15.2. The van der Waals surface area contributed by atoms with Gasteiger partial charge in [0.15, 0.2) is 11.5 Å². The Morgan fingerprint density at radius 1 is 1.03 bits per heavy atom. The van der Waals surface area contributed by atoms with Crippen molar-refractivity contribution in [3.05, 3.63) is 76.6 Å². The van der Waals surface area contributed by atoms with Gasteiger partial charge in [0, 0.05) is 13.1 Å². The van der Waals surface area contributed by atoms with E-state index >= 15 is 0 Å². The molecule has 8 nitrogen and oxygen atoms in total. The third-order valence-electron chi connectivity index (χ3n) is 5.51. The van der Waals surface area contributed by atoms with Crippen LogP contribution < -0.4 is 14.4 Å². The molecule has 0 unspecified atom stereocenters. The van der Waals surface area contributed by atoms with Crippen LogP contribution >= 0.6 is 0 Å². The lowest BCUT2D eigenvalue weighted by atomic mass is 9.90. The van der Waals surface area contributed by atoms with E-state index in [0.29, 0.717) is 36.3 Å². The summed E-state index contributed by atoms with van der Waals surface area (Å²) in [5.74, 6) is 1.58. The summed E-state index contributed by atoms with van der Waals surface area (Å²) in [5.41, 5.74) is 1.09. The lowest BCUT2D eigenvalue weighted by Crippen LogP contribution is -2.35. The molecule has 0 N–H and O–H groups in total. The van der Waals surface area contributed by atoms with Crippen LogP contribution in [0.1, 0.15) is 18.4 Å². The molecule has 31 heavy (non-hydrogen) atoms. The van der Waals surface area contributed by atoms with Crippen molar-refractivity contribution >= 4 is 11.5 Å². The first-order valence-corrected chi connectivity index (χ1v) is 10.2. The monoisotopic (exact) mass is 420 g/mol. The number of nitro groups is 1. The predicted octanol–water partition coefficient (Wildman–Crippen LogP) is 4.64. The molecule has 0 spiro atoms. The van der Waals surface area contributed by atoms with E-state index < -0.39 is 4.92 Å². The van der Waals surface area contributed by atoms with Gasteiger partial charge in [0.05, 0.1) is 12.0 Å². The van der Waals surface area contributed by atoms with Crippen LogP contribution in [0.3, 0.4) is 0 Å². The van der Waals surface area contributed by atoms with E-state index in [2.05, 4.69) is 34.2 Å². The maximum Gasteiger partial charge on any atom is 0.373 e. The predicted molar refractivity (Wildman–Crippen MR) is 117 cm³/mol. The zero-order chi connectivity index (χ0) is 21.6. The fraction of sp³-hybridized carbons (Fsp3) is 0.304. The molecule has 0 atom stereocenters. The number of benzene rings is 2. The number of piperidine rings is 1. The van der Waals surface area contributed by atoms with Crippen molar-refractivity contribution < 1.29 is 14.4 Å². The number of anilines is 1. The average molecular weight is 420 g/mol. The quantitative estimate of drug-likeness (QED) is 0.406. The highest BCUT2D eigenvalue weighted by molar-refractivity contribution is 5.64. The first-order valence-electron chi connectivity index (χ1n) is 10.2. The molecule has 2 aromatic carbocycles. The normalized spacial score (nSPS) is 14.3. The van der Waals surface area contributed by atoms with Gasteiger partial charge in [-0.05, 0) is 42.9 Å². The molecule has 0 radical (unpaired) electrons. The van der Waals surface area contributed by atoms with Crippen molar-refractivity contribution in [2.24, 2.45) is 5.92 Å². The molecule has 160 valence electrons. The zero-order valence-electron chi connectivity index (χ0n) is 17.3. The van der Waals surface area contributed by atoms with Crippen LogP contribution in [0.15, 0.2) is 60.9 Å². The summed E-state index contributed by atoms with van der Waals surface area (Å²) in [6, 6.07) is 17.4. The van der Waals surface area contributed by atoms with Crippen LogP contribution in [0.25, 0.3) is 0 Å². The van der Waals surface area contributed by atoms with Crippen LogP contribution in [-0.2, 0) is 6.42 Å². The molecule has 2 heterocycles. The molecule has 4 rings (SSSR count). The number of methoxy groups -OCH3 is 1. The Kier molecular flexibility index (Phi) is 6.26. The van der Waals surface area contributed by atoms with Gasteiger partial charge in [0.25, 0.3) is 0 Å². The molecular formula is C23H24N4O4. The second kappa shape index (κ2) is 9.42. The molecule has 3 aromatic rings. The van der Waals surface area contributed by atoms with Crippen LogP contribution in [0.4, 0.5) is 11.5 Å². The van der Waals surface area contributed by atoms with Gasteiger partial charge in [0.1, 0.15) is 6.33 Å². The minimum atomic E-state index is -0.476. The lowest BCUT2D eigenvalue weighted by molar-refractivity contribution is -0.385. The van der Waals surface area contributed by atoms with Gasteiger partial charge in [-0.25, -0.2) is 4.98 Å². The Morgan fingerprint density at radius 3 is 2.39 bits per heavy atom. The Bertz CT molecular complexity index is 1040. The maximum absolute atomic E-state index is 11.9. The number of aromatic nitrogens is 2. The number of nitrogens with zero attached hydrogens (tertiary/aromatic N) is 4. The fourth-order valence-electron chi connectivity index (χ4n) is 3.92. The van der Waals surface area contributed by atoms with E-state index in [-0.39, 0.29) is 11.6 Å². The fourth-order valence-corrected chi connectivity index (χ4v) is 3.92. The standard InChI is InChI=1S/C23H24N4O4/c1-30-19-9-5-6-10-20(19)31-23-21(27(28)29)22(24-16-25-23)26-13-11-18(12-14-26)15-17-7-3-2-4-8-17/h2-10,16,18H,11-15H2,1H3. The number of ether oxygens (including phenoxy) is 2. The topological polar surface area (TPSA) is 90.6 Å². The Hall–Kier alpha value is -3.68. The Balaban J connectivity index is 1.52. The van der Waals surface area contributed by atoms with E-state index in [1.54, 1.807) is 24.3 Å². The summed E-state index contributed by atoms with van der Waals surface area (Å²) in [6.45, 7) is 1.40. The molecular weight excluding hydrogens is 396 g/mol. The molecule has 1 saturated heterocycles. The first kappa shape index (κ1) is 20.6. The molecule has 1 aromatic heterocycles. The second-order valence-corrected chi connectivity index (χ2v) is 7.48. The van der Waals surface area contributed by atoms with Crippen LogP contribution in [-0.4, -0.2) is 35.1 Å². The Morgan fingerprint density at radius 2 is 1.71 bits per heavy atom. The van der Waals surface area contributed by atoms with E-state index in [4.69, 9.17) is 9.47 Å². The number of hydrogen-bond donors (Lipinski definition) is 0. The van der Waals surface area contributed by atoms with Crippen molar-refractivity contribution in [3.8, 4) is 17.4 Å². The van der Waals surface area contributed by atoms with E-state index in [1.165, 1.54) is 19.0 Å². The number of rotatable bonds is 7. The summed E-state index contributed by atoms with van der Waals surface area (Å²) < 4.78 is 11.1. The minimum absolute atomic E-state index is 0.0918. The van der Waals surface area contributed by atoms with Gasteiger partial charge >= 0.3 is 11.6 Å². The SMILES string of the molecule is COc1ccccc1Oc1ncnc(N2CCC(Cc3ccccc3)CC2)c1[N+](=O)[O-]. The molecule has 0 aliphatic carbocycles. The highest BCUT2D eigenvalue weighted by Gasteiger charge is 2.31. The third-order valence-corrected chi connectivity index (χ3v) is 5.51. The molecule has 0 saturated carbocycles. The van der Waals surface area contributed by atoms with Crippen molar-refractivity contribution in [2.45, 2.75) is 19.3 Å². The molecule has 1 fully saturated rings. The van der Waals surface area contributed by atoms with Gasteiger partial charge in [-0.15, -0.1) is 0 Å². The van der Waals surface area contributed by atoms with E-state index in [0.717, 1.165) is 19.3 Å². The van der Waals surface area contributed by atoms with Gasteiger partial charge in [0.2, 0.25) is 5.82 Å². The summed E-state index contributed by atoms with van der Waals surface area (Å²) in [5, 5.41) is 11.9. The van der Waals surface area contributed by atoms with Crippen molar-refractivity contribution in [1.29, 1.82) is 0 Å². The number of para-hydroxylation sites is 2. The van der Waals surface area contributed by atoms with E-state index in [9.17, 15) is 10.1 Å². The maximum atomic E-state index is 11.9. The van der Waals surface area contributed by atoms with Crippen LogP contribution in [0.5, 0.6) is 17.4 Å². The minimum Gasteiger partial charge on any atom is -0.493 e. The highest BCUT2D eigenvalue weighted by Crippen LogP contribution is 2.39. The largest absolute Gasteiger partial charge is 0.493 e. The summed E-state index contributed by atoms with van der Waals surface area (Å²) >= 11 is 0. The summed E-state index contributed by atoms with van der Waals surface area (Å²) in [6.07, 6.45) is 4.21. The highest BCUT2D eigenvalue weighted by atomic mass is 16.6. The third kappa shape index (κ3) is 4.74. The molecule has 1 aliphatic rings. The van der Waals surface area contributed by atoms with Gasteiger partial charge in [-0.1, -0.05) is 42.5 Å². The molecule has 8 heteroatoms. The van der Waals surface area contributed by atoms with Crippen LogP contribution in [0, 0.1) is 16.0 Å². The smallest absolute Gasteiger partial charge is 0.373 e. The van der Waals surface area contributed by atoms with Gasteiger partial charge in [-0.3, -0.25) is 10.1 Å². The Labute approximate surface area is 180 Å². The van der Waals surface area contributed by atoms with Crippen molar-refractivity contribution in [1.82, 2.24) is 9.97 Å². The second-order valence-electron chi connectivity index (χ2n) is 7.48. The van der Waals surface area contributed by atoms with Crippen LogP contribution in [0.2, 0.25) is 0 Å². The molecule has 1 aliphatic heterocycles. The molecule has 0 bridgehead atoms. The average Bonchev–Trinajstić information content (AvgIpc) is 2.80. The zero-order valence-corrected chi connectivity index (χ0v) is 17.3. The van der Waals surface area contributed by atoms with Gasteiger partial charge < -0.3 is 14.4 Å². The summed E-state index contributed by atoms with van der Waals surface area (Å²) in [7, 11) is 1.52. The lowest BCUT2D eigenvalue weighted by Gasteiger charge is -2.32. The van der Waals surface area contributed by atoms with Gasteiger partial charge in [-0.2, -0.15) is 4.98 Å². The van der Waals surface area contributed by atoms with Crippen molar-refractivity contribution in [3.63, 3.8) is 0 Å². The summed E-state index contributed by atoms with van der Waals surface area (Å²) in [4.78, 5) is 21.7. The number of hydrogen-bond acceptors (Lipinski definition) is 7. The van der Waals surface area contributed by atoms with Crippen molar-refractivity contribution in [2.75, 3.05) is 25.1 Å². The van der Waals surface area contributed by atoms with E-state index in [1.807, 2.05) is 11.0 Å². The molecule has 0 amide bonds.